The average Bonchev–Trinajstić information content (AvgIpc) is 2.18. The Morgan fingerprint density at radius 3 is 2.79 bits per heavy atom. The Morgan fingerprint density at radius 2 is 2.21 bits per heavy atom. The minimum atomic E-state index is 0.433. The second-order valence-electron chi connectivity index (χ2n) is 3.65. The highest BCUT2D eigenvalue weighted by Gasteiger charge is 2.06. The van der Waals surface area contributed by atoms with Gasteiger partial charge in [-0.3, -0.25) is 0 Å². The Kier molecular flexibility index (Phi) is 3.83. The zero-order valence-corrected chi connectivity index (χ0v) is 9.07. The van der Waals surface area contributed by atoms with Crippen molar-refractivity contribution in [2.45, 2.75) is 19.8 Å². The van der Waals surface area contributed by atoms with Gasteiger partial charge in [-0.1, -0.05) is 13.8 Å². The second-order valence-corrected chi connectivity index (χ2v) is 3.65. The van der Waals surface area contributed by atoms with Gasteiger partial charge in [-0.05, 0) is 12.0 Å². The molecule has 1 aromatic rings. The summed E-state index contributed by atoms with van der Waals surface area (Å²) in [5.41, 5.74) is 6.54. The summed E-state index contributed by atoms with van der Waals surface area (Å²) in [4.78, 5) is 10.6. The van der Waals surface area contributed by atoms with E-state index < -0.39 is 0 Å². The maximum atomic E-state index is 5.47. The summed E-state index contributed by atoms with van der Waals surface area (Å²) in [6, 6.07) is 1.95. The normalized spacial score (nSPS) is 10.6. The Balaban J connectivity index is 2.82. The van der Waals surface area contributed by atoms with E-state index in [2.05, 4.69) is 23.8 Å². The third kappa shape index (κ3) is 2.67. The van der Waals surface area contributed by atoms with Crippen molar-refractivity contribution in [2.75, 3.05) is 25.0 Å². The molecule has 2 N–H and O–H groups in total. The molecule has 0 fully saturated rings. The largest absolute Gasteiger partial charge is 0.343 e. The van der Waals surface area contributed by atoms with Crippen LogP contribution in [0, 0.1) is 0 Å². The van der Waals surface area contributed by atoms with E-state index in [0.717, 1.165) is 18.2 Å². The first-order valence-corrected chi connectivity index (χ1v) is 4.89. The van der Waals surface area contributed by atoms with Crippen LogP contribution in [0.1, 0.15) is 25.5 Å². The Morgan fingerprint density at radius 1 is 1.50 bits per heavy atom. The van der Waals surface area contributed by atoms with Gasteiger partial charge in [0.2, 0.25) is 5.95 Å². The zero-order valence-electron chi connectivity index (χ0n) is 9.07. The van der Waals surface area contributed by atoms with Crippen LogP contribution in [0.15, 0.2) is 12.3 Å². The van der Waals surface area contributed by atoms with Gasteiger partial charge in [0, 0.05) is 32.0 Å². The van der Waals surface area contributed by atoms with Gasteiger partial charge in [0.1, 0.15) is 0 Å². The monoisotopic (exact) mass is 194 g/mol. The van der Waals surface area contributed by atoms with Gasteiger partial charge in [0.25, 0.3) is 0 Å². The number of likely N-dealkylation sites (N-methyl/N-ethyl adjacent to an activating group) is 1. The fourth-order valence-corrected chi connectivity index (χ4v) is 1.16. The average molecular weight is 194 g/mol. The van der Waals surface area contributed by atoms with Crippen molar-refractivity contribution in [3.8, 4) is 0 Å². The number of nitrogens with zero attached hydrogens (tertiary/aromatic N) is 3. The summed E-state index contributed by atoms with van der Waals surface area (Å²) >= 11 is 0. The highest BCUT2D eigenvalue weighted by atomic mass is 15.2. The zero-order chi connectivity index (χ0) is 10.6. The standard InChI is InChI=1S/C10H18N4/c1-8(2)9-4-6-12-10(13-9)14(3)7-5-11/h4,6,8H,5,7,11H2,1-3H3. The Hall–Kier alpha value is -1.16. The van der Waals surface area contributed by atoms with E-state index in [9.17, 15) is 0 Å². The number of aromatic nitrogens is 2. The van der Waals surface area contributed by atoms with E-state index in [1.807, 2.05) is 18.0 Å². The molecule has 14 heavy (non-hydrogen) atoms. The number of hydrogen-bond donors (Lipinski definition) is 1. The maximum absolute atomic E-state index is 5.47. The van der Waals surface area contributed by atoms with E-state index in [4.69, 9.17) is 5.73 Å². The minimum Gasteiger partial charge on any atom is -0.343 e. The van der Waals surface area contributed by atoms with Crippen molar-refractivity contribution < 1.29 is 0 Å². The molecule has 1 heterocycles. The molecule has 4 heteroatoms. The molecule has 4 nitrogen and oxygen atoms in total. The smallest absolute Gasteiger partial charge is 0.225 e. The lowest BCUT2D eigenvalue weighted by molar-refractivity contribution is 0.786. The van der Waals surface area contributed by atoms with Crippen LogP contribution in [0.3, 0.4) is 0 Å². The van der Waals surface area contributed by atoms with E-state index >= 15 is 0 Å². The van der Waals surface area contributed by atoms with Gasteiger partial charge in [0.05, 0.1) is 0 Å². The molecule has 0 aliphatic heterocycles. The van der Waals surface area contributed by atoms with Crippen LogP contribution in [0.4, 0.5) is 5.95 Å². The van der Waals surface area contributed by atoms with Gasteiger partial charge < -0.3 is 10.6 Å². The summed E-state index contributed by atoms with van der Waals surface area (Å²) in [6.45, 7) is 5.64. The SMILES string of the molecule is CC(C)c1ccnc(N(C)CCN)n1. The molecule has 0 atom stereocenters. The highest BCUT2D eigenvalue weighted by Crippen LogP contribution is 2.13. The van der Waals surface area contributed by atoms with Crippen LogP contribution in [0.25, 0.3) is 0 Å². The quantitative estimate of drug-likeness (QED) is 0.776. The van der Waals surface area contributed by atoms with Crippen molar-refractivity contribution in [3.05, 3.63) is 18.0 Å². The molecule has 1 aromatic heterocycles. The third-order valence-corrected chi connectivity index (χ3v) is 2.06. The summed E-state index contributed by atoms with van der Waals surface area (Å²) in [5, 5.41) is 0. The maximum Gasteiger partial charge on any atom is 0.225 e. The lowest BCUT2D eigenvalue weighted by Gasteiger charge is -2.16. The Labute approximate surface area is 85.2 Å². The molecule has 78 valence electrons. The molecule has 0 bridgehead atoms. The van der Waals surface area contributed by atoms with E-state index in [1.165, 1.54) is 0 Å². The van der Waals surface area contributed by atoms with Crippen LogP contribution >= 0.6 is 0 Å². The van der Waals surface area contributed by atoms with Crippen molar-refractivity contribution in [1.82, 2.24) is 9.97 Å². The number of hydrogen-bond acceptors (Lipinski definition) is 4. The van der Waals surface area contributed by atoms with Crippen LogP contribution in [0.5, 0.6) is 0 Å². The van der Waals surface area contributed by atoms with Crippen molar-refractivity contribution >= 4 is 5.95 Å². The van der Waals surface area contributed by atoms with E-state index in [0.29, 0.717) is 12.5 Å². The summed E-state index contributed by atoms with van der Waals surface area (Å²) in [7, 11) is 1.95. The van der Waals surface area contributed by atoms with Crippen LogP contribution in [-0.2, 0) is 0 Å². The molecular formula is C10H18N4. The number of anilines is 1. The molecule has 0 aliphatic rings. The fraction of sp³-hybridized carbons (Fsp3) is 0.600. The molecule has 0 aromatic carbocycles. The predicted molar refractivity (Wildman–Crippen MR) is 58.4 cm³/mol. The Bertz CT molecular complexity index is 285. The van der Waals surface area contributed by atoms with Crippen molar-refractivity contribution in [2.24, 2.45) is 5.73 Å². The molecule has 0 amide bonds. The van der Waals surface area contributed by atoms with Crippen LogP contribution < -0.4 is 10.6 Å². The molecule has 0 unspecified atom stereocenters. The highest BCUT2D eigenvalue weighted by molar-refractivity contribution is 5.29. The van der Waals surface area contributed by atoms with Crippen molar-refractivity contribution in [3.63, 3.8) is 0 Å². The second kappa shape index (κ2) is 4.91. The molecule has 0 radical (unpaired) electrons. The number of nitrogens with two attached hydrogens (primary N) is 1. The van der Waals surface area contributed by atoms with Gasteiger partial charge in [-0.2, -0.15) is 0 Å². The van der Waals surface area contributed by atoms with E-state index in [1.54, 1.807) is 6.20 Å². The topological polar surface area (TPSA) is 55.0 Å². The molecule has 0 aliphatic carbocycles. The fourth-order valence-electron chi connectivity index (χ4n) is 1.16. The van der Waals surface area contributed by atoms with E-state index in [-0.39, 0.29) is 0 Å². The lowest BCUT2D eigenvalue weighted by Crippen LogP contribution is -2.26. The lowest BCUT2D eigenvalue weighted by atomic mass is 10.1. The first kappa shape index (κ1) is 10.9. The van der Waals surface area contributed by atoms with Gasteiger partial charge in [-0.15, -0.1) is 0 Å². The summed E-state index contributed by atoms with van der Waals surface area (Å²) in [5.74, 6) is 1.18. The molecular weight excluding hydrogens is 176 g/mol. The molecule has 0 saturated heterocycles. The van der Waals surface area contributed by atoms with Crippen molar-refractivity contribution in [1.29, 1.82) is 0 Å². The van der Waals surface area contributed by atoms with Crippen LogP contribution in [-0.4, -0.2) is 30.1 Å². The summed E-state index contributed by atoms with van der Waals surface area (Å²) in [6.07, 6.45) is 1.80. The van der Waals surface area contributed by atoms with Crippen LogP contribution in [0.2, 0.25) is 0 Å². The van der Waals surface area contributed by atoms with Gasteiger partial charge >= 0.3 is 0 Å². The minimum absolute atomic E-state index is 0.433. The molecule has 0 saturated carbocycles. The number of rotatable bonds is 4. The van der Waals surface area contributed by atoms with Gasteiger partial charge in [-0.25, -0.2) is 9.97 Å². The molecule has 0 spiro atoms. The van der Waals surface area contributed by atoms with Gasteiger partial charge in [0.15, 0.2) is 0 Å². The molecule has 1 rings (SSSR count). The predicted octanol–water partition coefficient (Wildman–Crippen LogP) is 0.995. The first-order valence-electron chi connectivity index (χ1n) is 4.89. The first-order chi connectivity index (χ1) is 6.65. The third-order valence-electron chi connectivity index (χ3n) is 2.06. The summed E-state index contributed by atoms with van der Waals surface area (Å²) < 4.78 is 0.